The molecule has 3 aromatic heterocycles. The number of piperazine rings is 1. The second-order valence-corrected chi connectivity index (χ2v) is 11.6. The molecule has 1 aliphatic heterocycles. The van der Waals surface area contributed by atoms with Gasteiger partial charge in [-0.2, -0.15) is 13.2 Å². The van der Waals surface area contributed by atoms with E-state index in [0.717, 1.165) is 39.9 Å². The molecule has 1 atom stereocenters. The summed E-state index contributed by atoms with van der Waals surface area (Å²) in [6.45, 7) is 3.26. The van der Waals surface area contributed by atoms with E-state index in [1.165, 1.54) is 37.1 Å². The van der Waals surface area contributed by atoms with Crippen molar-refractivity contribution in [2.24, 2.45) is 0 Å². The predicted octanol–water partition coefficient (Wildman–Crippen LogP) is 5.56. The number of rotatable bonds is 7. The van der Waals surface area contributed by atoms with Gasteiger partial charge in [0.1, 0.15) is 35.1 Å². The van der Waals surface area contributed by atoms with Gasteiger partial charge in [0.05, 0.1) is 23.7 Å². The first-order chi connectivity index (χ1) is 22.0. The number of alkyl halides is 3. The zero-order chi connectivity index (χ0) is 32.6. The highest BCUT2D eigenvalue weighted by molar-refractivity contribution is 7.16. The number of benzene rings is 2. The van der Waals surface area contributed by atoms with Gasteiger partial charge in [0, 0.05) is 49.6 Å². The van der Waals surface area contributed by atoms with Crippen LogP contribution in [-0.2, 0) is 10.9 Å². The molecule has 0 radical (unpaired) electrons. The number of imidazole rings is 1. The van der Waals surface area contributed by atoms with Gasteiger partial charge in [-0.25, -0.2) is 14.8 Å². The maximum Gasteiger partial charge on any atom is 0.416 e. The highest BCUT2D eigenvalue weighted by Gasteiger charge is 2.35. The van der Waals surface area contributed by atoms with Crippen molar-refractivity contribution in [3.63, 3.8) is 0 Å². The number of nitrogens with zero attached hydrogens (tertiary/aromatic N) is 5. The van der Waals surface area contributed by atoms with Crippen molar-refractivity contribution in [3.8, 4) is 21.9 Å². The number of carbonyl (C=O) groups is 2. The molecule has 4 heterocycles. The molecule has 0 N–H and O–H groups in total. The molecule has 14 heteroatoms. The Morgan fingerprint density at radius 1 is 0.978 bits per heavy atom. The molecule has 0 unspecified atom stereocenters. The third-order valence-electron chi connectivity index (χ3n) is 7.79. The molecule has 0 aliphatic carbocycles. The third-order valence-corrected chi connectivity index (χ3v) is 8.89. The lowest BCUT2D eigenvalue weighted by Crippen LogP contribution is -2.52. The lowest BCUT2D eigenvalue weighted by Gasteiger charge is -2.36. The van der Waals surface area contributed by atoms with Crippen molar-refractivity contribution in [2.75, 3.05) is 38.2 Å². The number of esters is 1. The molecule has 238 valence electrons. The number of methoxy groups -OCH3 is 1. The molecule has 0 spiro atoms. The Balaban J connectivity index is 1.25. The minimum atomic E-state index is -4.57. The van der Waals surface area contributed by atoms with E-state index in [9.17, 15) is 27.9 Å². The van der Waals surface area contributed by atoms with Gasteiger partial charge in [0.25, 0.3) is 0 Å². The minimum Gasteiger partial charge on any atom is -0.530 e. The summed E-state index contributed by atoms with van der Waals surface area (Å²) in [6, 6.07) is 16.3. The smallest absolute Gasteiger partial charge is 0.416 e. The van der Waals surface area contributed by atoms with Crippen LogP contribution in [0.2, 0.25) is 0 Å². The summed E-state index contributed by atoms with van der Waals surface area (Å²) in [5.41, 5.74) is 2.28. The zero-order valence-electron chi connectivity index (χ0n) is 24.7. The monoisotopic (exact) mass is 650 g/mol. The molecule has 0 saturated carbocycles. The summed E-state index contributed by atoms with van der Waals surface area (Å²) in [6.07, 6.45) is -3.40. The van der Waals surface area contributed by atoms with Crippen LogP contribution in [0.25, 0.3) is 27.2 Å². The molecule has 1 amide bonds. The van der Waals surface area contributed by atoms with Gasteiger partial charge in [-0.15, -0.1) is 11.3 Å². The molecule has 6 rings (SSSR count). The SMILES string of the molecule is COC(=O)c1sc(-n2cnc3cc(-c4ccc(N5CCN(C(=O)[O-])CC5)nc4)ccc32)cc1O[C@H](C)c1ccccc1C(F)(F)F. The van der Waals surface area contributed by atoms with E-state index in [1.54, 1.807) is 23.2 Å². The van der Waals surface area contributed by atoms with Gasteiger partial charge >= 0.3 is 12.1 Å². The number of hydrogen-bond acceptors (Lipinski definition) is 9. The number of amides is 1. The van der Waals surface area contributed by atoms with E-state index in [-0.39, 0.29) is 16.2 Å². The number of ether oxygens (including phenoxy) is 2. The summed E-state index contributed by atoms with van der Waals surface area (Å²) in [5, 5.41) is 11.6. The number of hydrogen-bond donors (Lipinski definition) is 0. The number of fused-ring (bicyclic) bond motifs is 1. The summed E-state index contributed by atoms with van der Waals surface area (Å²) < 4.78 is 53.6. The van der Waals surface area contributed by atoms with Gasteiger partial charge in [0.2, 0.25) is 0 Å². The number of carbonyl (C=O) groups excluding carboxylic acids is 2. The number of thiophene rings is 1. The van der Waals surface area contributed by atoms with E-state index in [0.29, 0.717) is 36.7 Å². The molecule has 46 heavy (non-hydrogen) atoms. The first-order valence-corrected chi connectivity index (χ1v) is 15.0. The molecule has 0 bridgehead atoms. The van der Waals surface area contributed by atoms with Crippen molar-refractivity contribution in [1.29, 1.82) is 0 Å². The molecule has 2 aromatic carbocycles. The number of halogens is 3. The van der Waals surface area contributed by atoms with Crippen LogP contribution in [0.15, 0.2) is 73.2 Å². The number of pyridine rings is 1. The molecule has 1 saturated heterocycles. The fourth-order valence-corrected chi connectivity index (χ4v) is 6.39. The average molecular weight is 651 g/mol. The lowest BCUT2D eigenvalue weighted by atomic mass is 10.0. The Hall–Kier alpha value is -5.11. The Morgan fingerprint density at radius 2 is 1.72 bits per heavy atom. The van der Waals surface area contributed by atoms with E-state index >= 15 is 0 Å². The van der Waals surface area contributed by atoms with Gasteiger partial charge < -0.3 is 29.2 Å². The van der Waals surface area contributed by atoms with Crippen molar-refractivity contribution >= 4 is 40.3 Å². The van der Waals surface area contributed by atoms with Crippen molar-refractivity contribution < 1.29 is 37.3 Å². The molecular formula is C32H27F3N5O5S-. The topological polar surface area (TPSA) is 113 Å². The van der Waals surface area contributed by atoms with Crippen LogP contribution >= 0.6 is 11.3 Å². The van der Waals surface area contributed by atoms with Crippen LogP contribution in [0.5, 0.6) is 5.75 Å². The number of carboxylic acid groups (broad SMARTS) is 1. The first kappa shape index (κ1) is 30.9. The third kappa shape index (κ3) is 6.07. The van der Waals surface area contributed by atoms with Gasteiger partial charge in [-0.1, -0.05) is 24.3 Å². The lowest BCUT2D eigenvalue weighted by molar-refractivity contribution is -0.265. The normalized spacial score (nSPS) is 14.4. The Kier molecular flexibility index (Phi) is 8.30. The first-order valence-electron chi connectivity index (χ1n) is 14.2. The van der Waals surface area contributed by atoms with Crippen molar-refractivity contribution in [1.82, 2.24) is 19.4 Å². The largest absolute Gasteiger partial charge is 0.530 e. The second-order valence-electron chi connectivity index (χ2n) is 10.6. The molecule has 1 aliphatic rings. The van der Waals surface area contributed by atoms with Crippen LogP contribution in [0.3, 0.4) is 0 Å². The number of aromatic nitrogens is 3. The summed E-state index contributed by atoms with van der Waals surface area (Å²) in [5.74, 6) is 0.174. The fourth-order valence-electron chi connectivity index (χ4n) is 5.40. The second kappa shape index (κ2) is 12.4. The van der Waals surface area contributed by atoms with Crippen LogP contribution in [-0.4, -0.2) is 64.8 Å². The van der Waals surface area contributed by atoms with Gasteiger partial charge in [-0.3, -0.25) is 4.57 Å². The quantitative estimate of drug-likeness (QED) is 0.211. The van der Waals surface area contributed by atoms with Crippen molar-refractivity contribution in [2.45, 2.75) is 19.2 Å². The standard InChI is InChI=1S/C32H28F3N5O5S/c1-19(22-5-3-4-6-23(22)32(33,34)35)45-26-16-28(46-29(26)30(41)44-2)40-18-37-24-15-20(7-9-25(24)40)21-8-10-27(36-17-21)38-11-13-39(14-12-38)31(42)43/h3-10,15-19H,11-14H2,1-2H3,(H,42,43)/p-1/t19-/m1/s1. The van der Waals surface area contributed by atoms with Crippen LogP contribution in [0, 0.1) is 0 Å². The molecular weight excluding hydrogens is 623 g/mol. The van der Waals surface area contributed by atoms with Gasteiger partial charge in [-0.05, 0) is 42.8 Å². The predicted molar refractivity (Wildman–Crippen MR) is 163 cm³/mol. The van der Waals surface area contributed by atoms with Crippen molar-refractivity contribution in [3.05, 3.63) is 89.2 Å². The van der Waals surface area contributed by atoms with E-state index in [1.807, 2.05) is 35.2 Å². The van der Waals surface area contributed by atoms with E-state index < -0.39 is 29.9 Å². The zero-order valence-corrected chi connectivity index (χ0v) is 25.5. The number of anilines is 1. The molecule has 5 aromatic rings. The summed E-state index contributed by atoms with van der Waals surface area (Å²) in [4.78, 5) is 36.3. The fraction of sp³-hybridized carbons (Fsp3) is 0.250. The highest BCUT2D eigenvalue weighted by atomic mass is 32.1. The highest BCUT2D eigenvalue weighted by Crippen LogP contribution is 2.40. The summed E-state index contributed by atoms with van der Waals surface area (Å²) in [7, 11) is 1.22. The molecule has 1 fully saturated rings. The van der Waals surface area contributed by atoms with E-state index in [2.05, 4.69) is 9.97 Å². The minimum absolute atomic E-state index is 0.0555. The van der Waals surface area contributed by atoms with Crippen LogP contribution in [0.4, 0.5) is 23.8 Å². The Bertz CT molecular complexity index is 1900. The molecule has 10 nitrogen and oxygen atoms in total. The van der Waals surface area contributed by atoms with Crippen LogP contribution < -0.4 is 14.7 Å². The average Bonchev–Trinajstić information content (AvgIpc) is 3.68. The van der Waals surface area contributed by atoms with Gasteiger partial charge in [0.15, 0.2) is 4.88 Å². The van der Waals surface area contributed by atoms with E-state index in [4.69, 9.17) is 9.47 Å². The van der Waals surface area contributed by atoms with Crippen LogP contribution in [0.1, 0.15) is 33.8 Å². The maximum atomic E-state index is 13.7. The summed E-state index contributed by atoms with van der Waals surface area (Å²) >= 11 is 1.08. The Labute approximate surface area is 265 Å². The maximum absolute atomic E-state index is 13.7. The Morgan fingerprint density at radius 3 is 2.39 bits per heavy atom.